The molecule has 8 heteroatoms. The second kappa shape index (κ2) is 10.3. The molecule has 1 atom stereocenters. The van der Waals surface area contributed by atoms with E-state index < -0.39 is 11.8 Å². The zero-order chi connectivity index (χ0) is 19.8. The molecule has 0 radical (unpaired) electrons. The van der Waals surface area contributed by atoms with Crippen LogP contribution in [0.25, 0.3) is 0 Å². The number of carbonyl (C=O) groups excluding carboxylic acids is 2. The first-order valence-electron chi connectivity index (χ1n) is 9.25. The van der Waals surface area contributed by atoms with Gasteiger partial charge in [0.15, 0.2) is 0 Å². The number of hydrogen-bond acceptors (Lipinski definition) is 5. The molecule has 27 heavy (non-hydrogen) atoms. The van der Waals surface area contributed by atoms with Gasteiger partial charge in [-0.3, -0.25) is 14.5 Å². The smallest absolute Gasteiger partial charge is 0.309 e. The number of rotatable bonds is 7. The van der Waals surface area contributed by atoms with Gasteiger partial charge in [0.1, 0.15) is 5.82 Å². The molecule has 150 valence electrons. The molecule has 1 aromatic rings. The van der Waals surface area contributed by atoms with Crippen LogP contribution >= 0.6 is 0 Å². The van der Waals surface area contributed by atoms with Crippen molar-refractivity contribution in [3.8, 4) is 0 Å². The van der Waals surface area contributed by atoms with Gasteiger partial charge in [0.25, 0.3) is 0 Å². The highest BCUT2D eigenvalue weighted by Crippen LogP contribution is 2.22. The van der Waals surface area contributed by atoms with Crippen LogP contribution in [-0.4, -0.2) is 93.5 Å². The molecule has 1 saturated heterocycles. The third kappa shape index (κ3) is 6.89. The van der Waals surface area contributed by atoms with Crippen LogP contribution in [0.3, 0.4) is 0 Å². The Bertz CT molecular complexity index is 615. The zero-order valence-electron chi connectivity index (χ0n) is 16.4. The van der Waals surface area contributed by atoms with Crippen LogP contribution < -0.4 is 10.6 Å². The average Bonchev–Trinajstić information content (AvgIpc) is 2.64. The molecule has 2 rings (SSSR count). The summed E-state index contributed by atoms with van der Waals surface area (Å²) < 4.78 is 13.3. The van der Waals surface area contributed by atoms with Crippen molar-refractivity contribution in [2.45, 2.75) is 6.04 Å². The maximum Gasteiger partial charge on any atom is 0.309 e. The molecular formula is C19H30FN5O2. The lowest BCUT2D eigenvalue weighted by molar-refractivity contribution is -0.139. The lowest BCUT2D eigenvalue weighted by atomic mass is 10.0. The minimum absolute atomic E-state index is 0.0992. The summed E-state index contributed by atoms with van der Waals surface area (Å²) in [5, 5.41) is 5.34. The van der Waals surface area contributed by atoms with Crippen molar-refractivity contribution in [1.29, 1.82) is 0 Å². The predicted octanol–water partition coefficient (Wildman–Crippen LogP) is -0.0918. The second-order valence-electron chi connectivity index (χ2n) is 7.18. The Morgan fingerprint density at radius 1 is 1.07 bits per heavy atom. The van der Waals surface area contributed by atoms with Crippen molar-refractivity contribution in [2.75, 3.05) is 67.0 Å². The largest absolute Gasteiger partial charge is 0.347 e. The van der Waals surface area contributed by atoms with Gasteiger partial charge in [-0.15, -0.1) is 0 Å². The van der Waals surface area contributed by atoms with Crippen molar-refractivity contribution in [3.63, 3.8) is 0 Å². The molecule has 0 saturated carbocycles. The van der Waals surface area contributed by atoms with Gasteiger partial charge in [-0.2, -0.15) is 0 Å². The molecule has 1 aliphatic heterocycles. The van der Waals surface area contributed by atoms with Gasteiger partial charge in [0, 0.05) is 45.8 Å². The third-order valence-corrected chi connectivity index (χ3v) is 4.74. The number of nitrogens with zero attached hydrogens (tertiary/aromatic N) is 3. The van der Waals surface area contributed by atoms with E-state index in [1.165, 1.54) is 12.1 Å². The standard InChI is InChI=1S/C19H30FN5O2/c1-23(2)9-8-21-18(26)19(27)22-14-17(15-4-6-16(20)7-5-15)25-12-10-24(3)11-13-25/h4-7,17H,8-14H2,1-3H3,(H,21,26)(H,22,27)/t17-/m1/s1. The zero-order valence-corrected chi connectivity index (χ0v) is 16.4. The molecule has 1 aliphatic rings. The monoisotopic (exact) mass is 379 g/mol. The van der Waals surface area contributed by atoms with Crippen LogP contribution in [0, 0.1) is 5.82 Å². The van der Waals surface area contributed by atoms with E-state index in [0.717, 1.165) is 31.7 Å². The molecule has 2 amide bonds. The molecule has 2 N–H and O–H groups in total. The van der Waals surface area contributed by atoms with Crippen molar-refractivity contribution in [2.24, 2.45) is 0 Å². The van der Waals surface area contributed by atoms with Gasteiger partial charge < -0.3 is 20.4 Å². The Morgan fingerprint density at radius 3 is 2.26 bits per heavy atom. The normalized spacial score (nSPS) is 16.9. The highest BCUT2D eigenvalue weighted by molar-refractivity contribution is 6.35. The molecule has 0 unspecified atom stereocenters. The van der Waals surface area contributed by atoms with Crippen LogP contribution in [0.1, 0.15) is 11.6 Å². The fraction of sp³-hybridized carbons (Fsp3) is 0.579. The van der Waals surface area contributed by atoms with E-state index in [2.05, 4.69) is 27.5 Å². The van der Waals surface area contributed by atoms with Crippen LogP contribution in [0.5, 0.6) is 0 Å². The summed E-state index contributed by atoms with van der Waals surface area (Å²) in [5.74, 6) is -1.57. The summed E-state index contributed by atoms with van der Waals surface area (Å²) in [6.45, 7) is 4.94. The fourth-order valence-corrected chi connectivity index (χ4v) is 3.02. The van der Waals surface area contributed by atoms with E-state index >= 15 is 0 Å². The number of amides is 2. The number of piperazine rings is 1. The van der Waals surface area contributed by atoms with Gasteiger partial charge in [0.05, 0.1) is 6.04 Å². The van der Waals surface area contributed by atoms with E-state index in [1.54, 1.807) is 12.1 Å². The minimum atomic E-state index is -0.644. The Balaban J connectivity index is 1.96. The van der Waals surface area contributed by atoms with Gasteiger partial charge >= 0.3 is 11.8 Å². The summed E-state index contributed by atoms with van der Waals surface area (Å²) in [6, 6.07) is 6.23. The molecule has 1 heterocycles. The number of likely N-dealkylation sites (N-methyl/N-ethyl adjacent to an activating group) is 2. The summed E-state index contributed by atoms with van der Waals surface area (Å²) in [7, 11) is 5.87. The summed E-state index contributed by atoms with van der Waals surface area (Å²) in [5.41, 5.74) is 0.925. The maximum atomic E-state index is 13.3. The predicted molar refractivity (Wildman–Crippen MR) is 103 cm³/mol. The highest BCUT2D eigenvalue weighted by Gasteiger charge is 2.25. The van der Waals surface area contributed by atoms with E-state index in [4.69, 9.17) is 0 Å². The molecular weight excluding hydrogens is 349 g/mol. The van der Waals surface area contributed by atoms with Crippen LogP contribution in [0.2, 0.25) is 0 Å². The lowest BCUT2D eigenvalue weighted by Gasteiger charge is -2.38. The number of carbonyl (C=O) groups is 2. The lowest BCUT2D eigenvalue weighted by Crippen LogP contribution is -2.50. The summed E-state index contributed by atoms with van der Waals surface area (Å²) in [6.07, 6.45) is 0. The van der Waals surface area contributed by atoms with Gasteiger partial charge in [-0.1, -0.05) is 12.1 Å². The highest BCUT2D eigenvalue weighted by atomic mass is 19.1. The number of nitrogens with one attached hydrogen (secondary N) is 2. The molecule has 1 fully saturated rings. The summed E-state index contributed by atoms with van der Waals surface area (Å²) >= 11 is 0. The third-order valence-electron chi connectivity index (χ3n) is 4.74. The Hall–Kier alpha value is -2.03. The molecule has 0 bridgehead atoms. The summed E-state index contributed by atoms with van der Waals surface area (Å²) in [4.78, 5) is 30.5. The first-order valence-corrected chi connectivity index (χ1v) is 9.25. The van der Waals surface area contributed by atoms with Crippen LogP contribution in [-0.2, 0) is 9.59 Å². The first-order chi connectivity index (χ1) is 12.9. The number of halogens is 1. The van der Waals surface area contributed by atoms with Gasteiger partial charge in [-0.25, -0.2) is 4.39 Å². The number of benzene rings is 1. The Morgan fingerprint density at radius 2 is 1.67 bits per heavy atom. The molecule has 0 aliphatic carbocycles. The Labute approximate surface area is 160 Å². The number of hydrogen-bond donors (Lipinski definition) is 2. The van der Waals surface area contributed by atoms with Gasteiger partial charge in [0.2, 0.25) is 0 Å². The molecule has 0 aromatic heterocycles. The fourth-order valence-electron chi connectivity index (χ4n) is 3.02. The van der Waals surface area contributed by atoms with Crippen LogP contribution in [0.4, 0.5) is 4.39 Å². The van der Waals surface area contributed by atoms with Crippen molar-refractivity contribution >= 4 is 11.8 Å². The van der Waals surface area contributed by atoms with E-state index in [9.17, 15) is 14.0 Å². The van der Waals surface area contributed by atoms with E-state index in [0.29, 0.717) is 19.6 Å². The molecule has 0 spiro atoms. The minimum Gasteiger partial charge on any atom is -0.347 e. The quantitative estimate of drug-likeness (QED) is 0.648. The van der Waals surface area contributed by atoms with E-state index in [1.807, 2.05) is 19.0 Å². The maximum absolute atomic E-state index is 13.3. The van der Waals surface area contributed by atoms with Crippen LogP contribution in [0.15, 0.2) is 24.3 Å². The second-order valence-corrected chi connectivity index (χ2v) is 7.18. The first kappa shape index (κ1) is 21.3. The van der Waals surface area contributed by atoms with Crippen molar-refractivity contribution in [1.82, 2.24) is 25.3 Å². The molecule has 7 nitrogen and oxygen atoms in total. The SMILES string of the molecule is CN(C)CCNC(=O)C(=O)NC[C@H](c1ccc(F)cc1)N1CCN(C)CC1. The van der Waals surface area contributed by atoms with E-state index in [-0.39, 0.29) is 11.9 Å². The van der Waals surface area contributed by atoms with Crippen molar-refractivity contribution < 1.29 is 14.0 Å². The Kier molecular flexibility index (Phi) is 8.15. The van der Waals surface area contributed by atoms with Gasteiger partial charge in [-0.05, 0) is 38.8 Å². The van der Waals surface area contributed by atoms with Crippen molar-refractivity contribution in [3.05, 3.63) is 35.6 Å². The molecule has 1 aromatic carbocycles. The average molecular weight is 379 g/mol. The topological polar surface area (TPSA) is 67.9 Å².